The van der Waals surface area contributed by atoms with Crippen molar-refractivity contribution in [2.45, 2.75) is 89.4 Å². The van der Waals surface area contributed by atoms with E-state index in [2.05, 4.69) is 6.58 Å². The molecule has 1 aliphatic carbocycles. The third-order valence-electron chi connectivity index (χ3n) is 6.48. The van der Waals surface area contributed by atoms with Crippen LogP contribution in [0.15, 0.2) is 24.5 Å². The first kappa shape index (κ1) is 23.8. The van der Waals surface area contributed by atoms with E-state index in [-0.39, 0.29) is 32.1 Å². The Morgan fingerprint density at radius 3 is 2.72 bits per heavy atom. The first-order chi connectivity index (χ1) is 13.6. The van der Waals surface area contributed by atoms with Gasteiger partial charge in [0.15, 0.2) is 5.76 Å². The standard InChI is InChI=1S/C22H34F2O5/c1-4-6-11-21(3,13-14(25)5-2)19-15(26)12-16-20(19)22(23,24)17(29-16)9-7-8-10-18(27)28/h5,9,14-16,19-20,25-26H,2,4,6-8,10-13H2,1,3H3,(H,27,28)/t14-,15-,16+,19-,20+,21+/m1/s1. The molecule has 166 valence electrons. The molecule has 0 aromatic rings. The average Bonchev–Trinajstić information content (AvgIpc) is 3.10. The van der Waals surface area contributed by atoms with Gasteiger partial charge in [0.1, 0.15) is 6.10 Å². The number of rotatable bonds is 11. The number of unbranched alkanes of at least 4 members (excludes halogenated alkanes) is 2. The van der Waals surface area contributed by atoms with Crippen LogP contribution in [0, 0.1) is 17.3 Å². The number of ether oxygens (including phenoxy) is 1. The highest BCUT2D eigenvalue weighted by molar-refractivity contribution is 5.66. The minimum absolute atomic E-state index is 0.0852. The third kappa shape index (κ3) is 5.18. The molecule has 2 fully saturated rings. The summed E-state index contributed by atoms with van der Waals surface area (Å²) in [5.41, 5.74) is -0.687. The molecule has 2 rings (SSSR count). The van der Waals surface area contributed by atoms with Crippen LogP contribution in [-0.2, 0) is 9.53 Å². The average molecular weight is 417 g/mol. The third-order valence-corrected chi connectivity index (χ3v) is 6.48. The molecule has 1 saturated heterocycles. The van der Waals surface area contributed by atoms with Crippen molar-refractivity contribution in [2.75, 3.05) is 0 Å². The Morgan fingerprint density at radius 2 is 2.14 bits per heavy atom. The molecule has 3 N–H and O–H groups in total. The van der Waals surface area contributed by atoms with Crippen LogP contribution in [0.1, 0.15) is 65.2 Å². The van der Waals surface area contributed by atoms with Gasteiger partial charge in [-0.05, 0) is 37.2 Å². The summed E-state index contributed by atoms with van der Waals surface area (Å²) in [5.74, 6) is -6.48. The maximum atomic E-state index is 15.3. The first-order valence-corrected chi connectivity index (χ1v) is 10.5. The van der Waals surface area contributed by atoms with Gasteiger partial charge in [0.2, 0.25) is 0 Å². The number of carboxylic acids is 1. The summed E-state index contributed by atoms with van der Waals surface area (Å²) in [6.07, 6.45) is 3.25. The molecule has 0 amide bonds. The lowest BCUT2D eigenvalue weighted by Crippen LogP contribution is -2.44. The van der Waals surface area contributed by atoms with Crippen LogP contribution in [0.25, 0.3) is 0 Å². The van der Waals surface area contributed by atoms with Crippen LogP contribution in [0.4, 0.5) is 8.78 Å². The van der Waals surface area contributed by atoms with Gasteiger partial charge < -0.3 is 20.1 Å². The number of aliphatic hydroxyl groups is 2. The van der Waals surface area contributed by atoms with E-state index in [0.29, 0.717) is 6.42 Å². The molecule has 1 heterocycles. The van der Waals surface area contributed by atoms with E-state index in [0.717, 1.165) is 12.8 Å². The summed E-state index contributed by atoms with van der Waals surface area (Å²) >= 11 is 0. The fourth-order valence-electron chi connectivity index (χ4n) is 5.10. The zero-order valence-electron chi connectivity index (χ0n) is 17.3. The molecule has 2 aliphatic rings. The van der Waals surface area contributed by atoms with Gasteiger partial charge in [0.05, 0.1) is 18.1 Å². The number of aliphatic hydroxyl groups excluding tert-OH is 2. The number of halogens is 2. The molecule has 7 heteroatoms. The fraction of sp³-hybridized carbons (Fsp3) is 0.773. The molecule has 0 bridgehead atoms. The molecule has 5 nitrogen and oxygen atoms in total. The predicted molar refractivity (Wildman–Crippen MR) is 105 cm³/mol. The van der Waals surface area contributed by atoms with Crippen LogP contribution in [0.2, 0.25) is 0 Å². The van der Waals surface area contributed by atoms with E-state index in [1.807, 2.05) is 13.8 Å². The van der Waals surface area contributed by atoms with Crippen LogP contribution < -0.4 is 0 Å². The van der Waals surface area contributed by atoms with Gasteiger partial charge in [-0.15, -0.1) is 6.58 Å². The van der Waals surface area contributed by atoms with E-state index >= 15 is 8.78 Å². The van der Waals surface area contributed by atoms with Gasteiger partial charge >= 0.3 is 11.9 Å². The summed E-state index contributed by atoms with van der Waals surface area (Å²) in [6, 6.07) is 0. The molecule has 1 saturated carbocycles. The largest absolute Gasteiger partial charge is 0.488 e. The van der Waals surface area contributed by atoms with Gasteiger partial charge in [-0.2, -0.15) is 8.78 Å². The van der Waals surface area contributed by atoms with Gasteiger partial charge in [-0.1, -0.05) is 32.8 Å². The molecule has 0 aromatic carbocycles. The molecule has 0 spiro atoms. The second kappa shape index (κ2) is 9.56. The Hall–Kier alpha value is -1.47. The Balaban J connectivity index is 2.27. The van der Waals surface area contributed by atoms with Crippen molar-refractivity contribution in [3.63, 3.8) is 0 Å². The highest BCUT2D eigenvalue weighted by atomic mass is 19.3. The number of alkyl halides is 2. The lowest BCUT2D eigenvalue weighted by atomic mass is 9.64. The van der Waals surface area contributed by atoms with E-state index in [4.69, 9.17) is 9.84 Å². The molecule has 6 atom stereocenters. The van der Waals surface area contributed by atoms with Gasteiger partial charge in [-0.3, -0.25) is 4.79 Å². The molecule has 0 aromatic heterocycles. The number of allylic oxidation sites excluding steroid dienone is 2. The van der Waals surface area contributed by atoms with Crippen LogP contribution in [-0.4, -0.2) is 45.5 Å². The maximum Gasteiger partial charge on any atom is 0.310 e. The zero-order chi connectivity index (χ0) is 21.8. The van der Waals surface area contributed by atoms with Gasteiger partial charge in [0, 0.05) is 18.8 Å². The van der Waals surface area contributed by atoms with Crippen molar-refractivity contribution >= 4 is 5.97 Å². The minimum atomic E-state index is -3.23. The van der Waals surface area contributed by atoms with Crippen LogP contribution >= 0.6 is 0 Å². The van der Waals surface area contributed by atoms with Crippen LogP contribution in [0.5, 0.6) is 0 Å². The summed E-state index contributed by atoms with van der Waals surface area (Å²) < 4.78 is 36.2. The lowest BCUT2D eigenvalue weighted by molar-refractivity contribution is -0.137. The Kier molecular flexibility index (Phi) is 7.85. The summed E-state index contributed by atoms with van der Waals surface area (Å²) in [4.78, 5) is 10.6. The topological polar surface area (TPSA) is 87.0 Å². The van der Waals surface area contributed by atoms with E-state index in [1.54, 1.807) is 0 Å². The van der Waals surface area contributed by atoms with Crippen molar-refractivity contribution in [1.82, 2.24) is 0 Å². The van der Waals surface area contributed by atoms with E-state index < -0.39 is 53.2 Å². The Bertz CT molecular complexity index is 620. The highest BCUT2D eigenvalue weighted by Gasteiger charge is 2.67. The van der Waals surface area contributed by atoms with Crippen molar-refractivity contribution in [2.24, 2.45) is 17.3 Å². The Labute approximate surface area is 171 Å². The quantitative estimate of drug-likeness (QED) is 0.345. The van der Waals surface area contributed by atoms with Crippen LogP contribution in [0.3, 0.4) is 0 Å². The molecule has 0 unspecified atom stereocenters. The molecule has 29 heavy (non-hydrogen) atoms. The number of fused-ring (bicyclic) bond motifs is 1. The Morgan fingerprint density at radius 1 is 1.45 bits per heavy atom. The smallest absolute Gasteiger partial charge is 0.310 e. The van der Waals surface area contributed by atoms with Crippen molar-refractivity contribution < 1.29 is 33.6 Å². The van der Waals surface area contributed by atoms with E-state index in [9.17, 15) is 15.0 Å². The number of aliphatic carboxylic acids is 1. The summed E-state index contributed by atoms with van der Waals surface area (Å²) in [7, 11) is 0. The zero-order valence-corrected chi connectivity index (χ0v) is 17.3. The first-order valence-electron chi connectivity index (χ1n) is 10.5. The normalized spacial score (nSPS) is 32.4. The second-order valence-corrected chi connectivity index (χ2v) is 8.75. The monoisotopic (exact) mass is 416 g/mol. The second-order valence-electron chi connectivity index (χ2n) is 8.75. The summed E-state index contributed by atoms with van der Waals surface area (Å²) in [6.45, 7) is 7.48. The molecule has 1 aliphatic heterocycles. The van der Waals surface area contributed by atoms with Crippen molar-refractivity contribution in [3.8, 4) is 0 Å². The number of hydrogen-bond donors (Lipinski definition) is 3. The molecule has 0 radical (unpaired) electrons. The van der Waals surface area contributed by atoms with E-state index in [1.165, 1.54) is 12.2 Å². The maximum absolute atomic E-state index is 15.3. The SMILES string of the molecule is C=C[C@@H](O)C[C@](C)(CCCC)[C@H]1[C@@H]2[C@H](C[C@H]1O)OC(=CCCCC(=O)O)C2(F)F. The lowest BCUT2D eigenvalue weighted by Gasteiger charge is -2.42. The van der Waals surface area contributed by atoms with Gasteiger partial charge in [-0.25, -0.2) is 0 Å². The van der Waals surface area contributed by atoms with Gasteiger partial charge in [0.25, 0.3) is 0 Å². The highest BCUT2D eigenvalue weighted by Crippen LogP contribution is 2.60. The summed E-state index contributed by atoms with van der Waals surface area (Å²) in [5, 5.41) is 29.6. The fourth-order valence-corrected chi connectivity index (χ4v) is 5.10. The van der Waals surface area contributed by atoms with Crippen molar-refractivity contribution in [3.05, 3.63) is 24.5 Å². The number of carbonyl (C=O) groups is 1. The predicted octanol–water partition coefficient (Wildman–Crippen LogP) is 4.29. The minimum Gasteiger partial charge on any atom is -0.488 e. The molecular formula is C22H34F2O5. The van der Waals surface area contributed by atoms with Crippen molar-refractivity contribution in [1.29, 1.82) is 0 Å². The number of hydrogen-bond acceptors (Lipinski definition) is 4. The number of carboxylic acid groups (broad SMARTS) is 1. The molecular weight excluding hydrogens is 382 g/mol.